The minimum Gasteiger partial charge on any atom is -0.394 e. The molecule has 0 amide bonds. The molecule has 0 saturated carbocycles. The highest BCUT2D eigenvalue weighted by atomic mass is 16.5. The fourth-order valence-corrected chi connectivity index (χ4v) is 3.79. The maximum atomic E-state index is 10.4. The van der Waals surface area contributed by atoms with Crippen molar-refractivity contribution in [2.24, 2.45) is 0 Å². The van der Waals surface area contributed by atoms with Gasteiger partial charge in [0.2, 0.25) is 0 Å². The van der Waals surface area contributed by atoms with Gasteiger partial charge in [-0.25, -0.2) is 0 Å². The second-order valence-electron chi connectivity index (χ2n) is 7.46. The molecule has 0 spiro atoms. The maximum absolute atomic E-state index is 10.4. The number of aliphatic hydroxyl groups is 4. The fourth-order valence-electron chi connectivity index (χ4n) is 3.79. The van der Waals surface area contributed by atoms with Crippen LogP contribution in [-0.4, -0.2) is 51.4 Å². The third-order valence-corrected chi connectivity index (χ3v) is 5.63. The van der Waals surface area contributed by atoms with Crippen LogP contribution in [0.15, 0.2) is 36.4 Å². The van der Waals surface area contributed by atoms with Crippen LogP contribution in [0.25, 0.3) is 0 Å². The molecule has 2 aliphatic rings. The van der Waals surface area contributed by atoms with Crippen molar-refractivity contribution < 1.29 is 27.9 Å². The van der Waals surface area contributed by atoms with Crippen molar-refractivity contribution in [3.63, 3.8) is 0 Å². The van der Waals surface area contributed by atoms with E-state index in [1.807, 2.05) is 43.3 Å². The van der Waals surface area contributed by atoms with Gasteiger partial charge < -0.3 is 25.2 Å². The summed E-state index contributed by atoms with van der Waals surface area (Å²) < 4.78 is 21.6. The largest absolute Gasteiger partial charge is 0.394 e. The van der Waals surface area contributed by atoms with Crippen molar-refractivity contribution in [3.8, 4) is 0 Å². The molecule has 0 unspecified atom stereocenters. The number of benzene rings is 2. The van der Waals surface area contributed by atoms with E-state index in [1.54, 1.807) is 0 Å². The molecule has 4 rings (SSSR count). The topological polar surface area (TPSA) is 90.2 Å². The number of aryl methyl sites for hydroxylation is 3. The van der Waals surface area contributed by atoms with Crippen molar-refractivity contribution in [2.45, 2.75) is 56.7 Å². The molecule has 5 atom stereocenters. The molecule has 1 aliphatic carbocycles. The molecule has 1 saturated heterocycles. The van der Waals surface area contributed by atoms with Crippen LogP contribution in [0.2, 0.25) is 0 Å². The van der Waals surface area contributed by atoms with Crippen LogP contribution in [0.1, 0.15) is 42.2 Å². The first-order valence-electron chi connectivity index (χ1n) is 10.2. The number of aliphatic hydroxyl groups excluding tert-OH is 4. The summed E-state index contributed by atoms with van der Waals surface area (Å²) in [5.41, 5.74) is 5.50. The Bertz CT molecular complexity index is 914. The van der Waals surface area contributed by atoms with Gasteiger partial charge in [0.25, 0.3) is 0 Å². The molecular formula is C22H26O5. The van der Waals surface area contributed by atoms with Gasteiger partial charge in [-0.15, -0.1) is 0 Å². The van der Waals surface area contributed by atoms with Gasteiger partial charge in [0.1, 0.15) is 30.5 Å². The van der Waals surface area contributed by atoms with Crippen LogP contribution in [0, 0.1) is 6.92 Å². The summed E-state index contributed by atoms with van der Waals surface area (Å²) in [6.45, 7) is 1.52. The van der Waals surface area contributed by atoms with E-state index < -0.39 is 43.5 Å². The maximum Gasteiger partial charge on any atom is 0.113 e. The van der Waals surface area contributed by atoms with E-state index in [4.69, 9.17) is 7.48 Å². The molecule has 1 heterocycles. The summed E-state index contributed by atoms with van der Waals surface area (Å²) in [6.07, 6.45) is -6.13. The lowest BCUT2D eigenvalue weighted by Gasteiger charge is -2.40. The van der Waals surface area contributed by atoms with E-state index in [9.17, 15) is 20.4 Å². The first-order chi connectivity index (χ1) is 13.7. The van der Waals surface area contributed by atoms with Gasteiger partial charge in [0, 0.05) is 2.74 Å². The molecule has 144 valence electrons. The Hall–Kier alpha value is -1.76. The zero-order chi connectivity index (χ0) is 20.9. The zero-order valence-electron chi connectivity index (χ0n) is 17.2. The van der Waals surface area contributed by atoms with Crippen molar-refractivity contribution in [2.75, 3.05) is 6.61 Å². The van der Waals surface area contributed by atoms with Crippen LogP contribution in [0.5, 0.6) is 0 Å². The van der Waals surface area contributed by atoms with Crippen LogP contribution in [0.4, 0.5) is 0 Å². The number of hydrogen-bond acceptors (Lipinski definition) is 5. The summed E-state index contributed by atoms with van der Waals surface area (Å²) in [5.74, 6) is 0. The van der Waals surface area contributed by atoms with Gasteiger partial charge in [0.05, 0.1) is 6.61 Å². The molecular weight excluding hydrogens is 344 g/mol. The van der Waals surface area contributed by atoms with Crippen LogP contribution in [0.3, 0.4) is 0 Å². The average molecular weight is 372 g/mol. The Balaban J connectivity index is 1.61. The van der Waals surface area contributed by atoms with Gasteiger partial charge in [-0.1, -0.05) is 36.4 Å². The predicted molar refractivity (Wildman–Crippen MR) is 101 cm³/mol. The molecule has 1 aliphatic heterocycles. The summed E-state index contributed by atoms with van der Waals surface area (Å²) >= 11 is 0. The standard InChI is InChI=1S/C22H26O5/c1-12-2-4-16(22-21(26)20(25)19(24)18(11-23)27-22)10-17(12)9-13-3-5-14-6-7-15(14)8-13/h2-5,8,10,18-26H,6-7,9,11H2,1H3/t18-,19-,20+,21-,22+/m1/s1/i7D2. The van der Waals surface area contributed by atoms with Crippen LogP contribution >= 0.6 is 0 Å². The van der Waals surface area contributed by atoms with Crippen molar-refractivity contribution in [1.82, 2.24) is 0 Å². The van der Waals surface area contributed by atoms with E-state index in [0.29, 0.717) is 18.4 Å². The zero-order valence-corrected chi connectivity index (χ0v) is 15.2. The van der Waals surface area contributed by atoms with Crippen molar-refractivity contribution >= 4 is 0 Å². The molecule has 2 aromatic carbocycles. The Morgan fingerprint density at radius 2 is 1.85 bits per heavy atom. The highest BCUT2D eigenvalue weighted by Crippen LogP contribution is 2.34. The van der Waals surface area contributed by atoms with Crippen LogP contribution < -0.4 is 0 Å². The summed E-state index contributed by atoms with van der Waals surface area (Å²) in [7, 11) is 0. The number of ether oxygens (including phenoxy) is 1. The molecule has 4 N–H and O–H groups in total. The third-order valence-electron chi connectivity index (χ3n) is 5.63. The summed E-state index contributed by atoms with van der Waals surface area (Å²) in [6, 6.07) is 11.5. The van der Waals surface area contributed by atoms with Gasteiger partial charge in [0.15, 0.2) is 0 Å². The second-order valence-corrected chi connectivity index (χ2v) is 7.46. The highest BCUT2D eigenvalue weighted by Gasteiger charge is 2.43. The first kappa shape index (κ1) is 16.2. The molecule has 27 heavy (non-hydrogen) atoms. The quantitative estimate of drug-likeness (QED) is 0.648. The van der Waals surface area contributed by atoms with E-state index in [0.717, 1.165) is 27.8 Å². The Kier molecular flexibility index (Phi) is 4.41. The van der Waals surface area contributed by atoms with E-state index in [2.05, 4.69) is 0 Å². The second kappa shape index (κ2) is 7.34. The van der Waals surface area contributed by atoms with Gasteiger partial charge >= 0.3 is 0 Å². The lowest BCUT2D eigenvalue weighted by molar-refractivity contribution is -0.231. The summed E-state index contributed by atoms with van der Waals surface area (Å²) in [4.78, 5) is 0. The average Bonchev–Trinajstić information content (AvgIpc) is 2.69. The smallest absolute Gasteiger partial charge is 0.113 e. The fraction of sp³-hybridized carbons (Fsp3) is 0.455. The lowest BCUT2D eigenvalue weighted by atomic mass is 9.85. The minimum absolute atomic E-state index is 0.453. The van der Waals surface area contributed by atoms with E-state index in [-0.39, 0.29) is 0 Å². The Morgan fingerprint density at radius 1 is 1.04 bits per heavy atom. The number of hydrogen-bond donors (Lipinski definition) is 4. The van der Waals surface area contributed by atoms with Crippen LogP contribution in [-0.2, 0) is 24.0 Å². The minimum atomic E-state index is -1.41. The van der Waals surface area contributed by atoms with E-state index >= 15 is 0 Å². The predicted octanol–water partition coefficient (Wildman–Crippen LogP) is 1.20. The lowest BCUT2D eigenvalue weighted by Crippen LogP contribution is -2.55. The molecule has 5 heteroatoms. The Morgan fingerprint density at radius 3 is 2.59 bits per heavy atom. The number of rotatable bonds is 4. The van der Waals surface area contributed by atoms with Gasteiger partial charge in [-0.3, -0.25) is 0 Å². The molecule has 1 fully saturated rings. The first-order valence-corrected chi connectivity index (χ1v) is 9.23. The SMILES string of the molecule is [2H]C1([2H])Cc2ccc(Cc3cc([C@@H]4O[C@H](CO)[C@@H](O)[C@H](O)[C@H]4O)ccc3C)cc21. The normalized spacial score (nSPS) is 32.9. The van der Waals surface area contributed by atoms with Crippen molar-refractivity contribution in [1.29, 1.82) is 0 Å². The monoisotopic (exact) mass is 372 g/mol. The molecule has 2 aromatic rings. The molecule has 0 radical (unpaired) electrons. The molecule has 5 nitrogen and oxygen atoms in total. The van der Waals surface area contributed by atoms with Crippen molar-refractivity contribution in [3.05, 3.63) is 69.8 Å². The Labute approximate surface area is 161 Å². The van der Waals surface area contributed by atoms with Gasteiger partial charge in [-0.2, -0.15) is 0 Å². The number of fused-ring (bicyclic) bond motifs is 1. The summed E-state index contributed by atoms with van der Waals surface area (Å²) in [5, 5.41) is 39.9. The van der Waals surface area contributed by atoms with Gasteiger partial charge in [-0.05, 0) is 59.5 Å². The van der Waals surface area contributed by atoms with E-state index in [1.165, 1.54) is 0 Å². The molecule has 0 bridgehead atoms. The molecule has 0 aromatic heterocycles. The highest BCUT2D eigenvalue weighted by molar-refractivity contribution is 5.42. The third kappa shape index (κ3) is 3.42.